The normalized spacial score (nSPS) is 10.7. The Labute approximate surface area is 126 Å². The molecule has 0 unspecified atom stereocenters. The van der Waals surface area contributed by atoms with Gasteiger partial charge in [-0.1, -0.05) is 15.9 Å². The summed E-state index contributed by atoms with van der Waals surface area (Å²) >= 11 is 3.35. The lowest BCUT2D eigenvalue weighted by atomic mass is 10.2. The fraction of sp³-hybridized carbons (Fsp3) is 0.286. The number of nitrogens with zero attached hydrogens (tertiary/aromatic N) is 2. The first-order valence-corrected chi connectivity index (χ1v) is 6.99. The minimum atomic E-state index is -0.224. The topological polar surface area (TPSA) is 56.1 Å². The molecule has 0 saturated carbocycles. The van der Waals surface area contributed by atoms with Crippen LogP contribution in [0, 0.1) is 0 Å². The van der Waals surface area contributed by atoms with Crippen LogP contribution in [0.5, 0.6) is 5.75 Å². The third kappa shape index (κ3) is 3.19. The Bertz CT molecular complexity index is 623. The number of benzene rings is 1. The zero-order valence-corrected chi connectivity index (χ0v) is 13.1. The van der Waals surface area contributed by atoms with Crippen LogP contribution in [0.3, 0.4) is 0 Å². The number of amides is 1. The van der Waals surface area contributed by atoms with Crippen LogP contribution in [-0.4, -0.2) is 22.8 Å². The number of rotatable bonds is 4. The van der Waals surface area contributed by atoms with Crippen molar-refractivity contribution >= 4 is 27.5 Å². The van der Waals surface area contributed by atoms with Gasteiger partial charge in [0.2, 0.25) is 0 Å². The molecule has 6 heteroatoms. The number of methoxy groups -OCH3 is 1. The van der Waals surface area contributed by atoms with E-state index in [1.165, 1.54) is 7.11 Å². The van der Waals surface area contributed by atoms with Gasteiger partial charge in [0.15, 0.2) is 0 Å². The lowest BCUT2D eigenvalue weighted by molar-refractivity contribution is 0.102. The van der Waals surface area contributed by atoms with Gasteiger partial charge >= 0.3 is 0 Å². The highest BCUT2D eigenvalue weighted by atomic mass is 79.9. The molecule has 1 heterocycles. The van der Waals surface area contributed by atoms with E-state index in [0.29, 0.717) is 17.0 Å². The molecule has 0 saturated heterocycles. The molecule has 0 aliphatic heterocycles. The molecule has 1 amide bonds. The zero-order valence-electron chi connectivity index (χ0n) is 11.6. The van der Waals surface area contributed by atoms with Crippen molar-refractivity contribution in [1.29, 1.82) is 0 Å². The Morgan fingerprint density at radius 1 is 1.45 bits per heavy atom. The molecule has 0 fully saturated rings. The van der Waals surface area contributed by atoms with E-state index in [4.69, 9.17) is 4.74 Å². The molecule has 0 spiro atoms. The summed E-state index contributed by atoms with van der Waals surface area (Å²) in [6.07, 6.45) is 3.43. The molecule has 1 aromatic carbocycles. The number of carbonyl (C=O) groups is 1. The van der Waals surface area contributed by atoms with Crippen molar-refractivity contribution in [3.8, 4) is 5.75 Å². The van der Waals surface area contributed by atoms with Crippen LogP contribution in [0.2, 0.25) is 0 Å². The first-order valence-electron chi connectivity index (χ1n) is 6.20. The van der Waals surface area contributed by atoms with Crippen molar-refractivity contribution in [2.45, 2.75) is 19.9 Å². The monoisotopic (exact) mass is 337 g/mol. The molecular weight excluding hydrogens is 322 g/mol. The van der Waals surface area contributed by atoms with Crippen LogP contribution in [0.1, 0.15) is 30.2 Å². The number of hydrogen-bond donors (Lipinski definition) is 1. The predicted molar refractivity (Wildman–Crippen MR) is 81.3 cm³/mol. The van der Waals surface area contributed by atoms with Gasteiger partial charge in [-0.3, -0.25) is 9.48 Å². The largest absolute Gasteiger partial charge is 0.496 e. The molecule has 20 heavy (non-hydrogen) atoms. The fourth-order valence-electron chi connectivity index (χ4n) is 1.74. The second kappa shape index (κ2) is 6.09. The highest BCUT2D eigenvalue weighted by molar-refractivity contribution is 9.10. The average molecular weight is 338 g/mol. The Morgan fingerprint density at radius 2 is 2.20 bits per heavy atom. The third-order valence-corrected chi connectivity index (χ3v) is 3.29. The molecule has 1 aromatic heterocycles. The lowest BCUT2D eigenvalue weighted by Crippen LogP contribution is -2.12. The molecule has 0 atom stereocenters. The van der Waals surface area contributed by atoms with E-state index >= 15 is 0 Å². The van der Waals surface area contributed by atoms with Crippen molar-refractivity contribution in [2.75, 3.05) is 12.4 Å². The molecule has 0 bridgehead atoms. The number of hydrogen-bond acceptors (Lipinski definition) is 3. The minimum absolute atomic E-state index is 0.224. The van der Waals surface area contributed by atoms with Gasteiger partial charge in [-0.25, -0.2) is 0 Å². The van der Waals surface area contributed by atoms with E-state index < -0.39 is 0 Å². The third-order valence-electron chi connectivity index (χ3n) is 2.80. The molecule has 106 valence electrons. The lowest BCUT2D eigenvalue weighted by Gasteiger charge is -2.08. The standard InChI is InChI=1S/C14H16BrN3O2/c1-9(2)18-8-11(7-16-18)17-14(19)12-5-4-10(15)6-13(12)20-3/h4-9H,1-3H3,(H,17,19). The van der Waals surface area contributed by atoms with Crippen molar-refractivity contribution < 1.29 is 9.53 Å². The van der Waals surface area contributed by atoms with Crippen LogP contribution in [-0.2, 0) is 0 Å². The van der Waals surface area contributed by atoms with E-state index in [0.717, 1.165) is 4.47 Å². The molecule has 0 radical (unpaired) electrons. The Balaban J connectivity index is 2.19. The summed E-state index contributed by atoms with van der Waals surface area (Å²) in [6.45, 7) is 4.05. The van der Waals surface area contributed by atoms with Crippen LogP contribution in [0.15, 0.2) is 35.1 Å². The van der Waals surface area contributed by atoms with Gasteiger partial charge in [0.25, 0.3) is 5.91 Å². The van der Waals surface area contributed by atoms with Crippen molar-refractivity contribution in [2.24, 2.45) is 0 Å². The van der Waals surface area contributed by atoms with Gasteiger partial charge in [0, 0.05) is 16.7 Å². The average Bonchev–Trinajstić information content (AvgIpc) is 2.87. The summed E-state index contributed by atoms with van der Waals surface area (Å²) < 4.78 is 7.86. The summed E-state index contributed by atoms with van der Waals surface area (Å²) in [7, 11) is 1.54. The maximum Gasteiger partial charge on any atom is 0.259 e. The molecule has 0 aliphatic carbocycles. The van der Waals surface area contributed by atoms with Crippen LogP contribution < -0.4 is 10.1 Å². The van der Waals surface area contributed by atoms with Gasteiger partial charge < -0.3 is 10.1 Å². The molecule has 2 aromatic rings. The van der Waals surface area contributed by atoms with E-state index in [1.54, 1.807) is 35.3 Å². The second-order valence-electron chi connectivity index (χ2n) is 4.60. The predicted octanol–water partition coefficient (Wildman–Crippen LogP) is 3.49. The maximum absolute atomic E-state index is 12.2. The van der Waals surface area contributed by atoms with Gasteiger partial charge in [-0.2, -0.15) is 5.10 Å². The SMILES string of the molecule is COc1cc(Br)ccc1C(=O)Nc1cnn(C(C)C)c1. The van der Waals surface area contributed by atoms with E-state index in [2.05, 4.69) is 26.3 Å². The molecular formula is C14H16BrN3O2. The highest BCUT2D eigenvalue weighted by Gasteiger charge is 2.13. The number of carbonyl (C=O) groups excluding carboxylic acids is 1. The molecule has 1 N–H and O–H groups in total. The maximum atomic E-state index is 12.2. The number of aromatic nitrogens is 2. The fourth-order valence-corrected chi connectivity index (χ4v) is 2.08. The Kier molecular flexibility index (Phi) is 4.44. The minimum Gasteiger partial charge on any atom is -0.496 e. The van der Waals surface area contributed by atoms with Gasteiger partial charge in [0.1, 0.15) is 5.75 Å². The van der Waals surface area contributed by atoms with Crippen molar-refractivity contribution in [3.05, 3.63) is 40.6 Å². The summed E-state index contributed by atoms with van der Waals surface area (Å²) in [5, 5.41) is 6.99. The molecule has 0 aliphatic rings. The summed E-state index contributed by atoms with van der Waals surface area (Å²) in [6, 6.07) is 5.52. The van der Waals surface area contributed by atoms with Gasteiger partial charge in [0.05, 0.1) is 24.6 Å². The van der Waals surface area contributed by atoms with E-state index in [9.17, 15) is 4.79 Å². The molecule has 5 nitrogen and oxygen atoms in total. The second-order valence-corrected chi connectivity index (χ2v) is 5.52. The van der Waals surface area contributed by atoms with E-state index in [-0.39, 0.29) is 11.9 Å². The van der Waals surface area contributed by atoms with Crippen LogP contribution in [0.4, 0.5) is 5.69 Å². The number of halogens is 1. The quantitative estimate of drug-likeness (QED) is 0.928. The highest BCUT2D eigenvalue weighted by Crippen LogP contribution is 2.24. The summed E-state index contributed by atoms with van der Waals surface area (Å²) in [5.41, 5.74) is 1.14. The summed E-state index contributed by atoms with van der Waals surface area (Å²) in [5.74, 6) is 0.297. The van der Waals surface area contributed by atoms with Gasteiger partial charge in [-0.05, 0) is 32.0 Å². The number of ether oxygens (including phenoxy) is 1. The summed E-state index contributed by atoms with van der Waals surface area (Å²) in [4.78, 5) is 12.2. The smallest absolute Gasteiger partial charge is 0.259 e. The zero-order chi connectivity index (χ0) is 14.7. The Hall–Kier alpha value is -1.82. The van der Waals surface area contributed by atoms with Crippen LogP contribution >= 0.6 is 15.9 Å². The van der Waals surface area contributed by atoms with E-state index in [1.807, 2.05) is 13.8 Å². The van der Waals surface area contributed by atoms with Gasteiger partial charge in [-0.15, -0.1) is 0 Å². The Morgan fingerprint density at radius 3 is 2.80 bits per heavy atom. The van der Waals surface area contributed by atoms with Crippen molar-refractivity contribution in [3.63, 3.8) is 0 Å². The number of nitrogens with one attached hydrogen (secondary N) is 1. The number of anilines is 1. The first kappa shape index (κ1) is 14.6. The first-order chi connectivity index (χ1) is 9.51. The van der Waals surface area contributed by atoms with Crippen molar-refractivity contribution in [1.82, 2.24) is 9.78 Å². The van der Waals surface area contributed by atoms with Crippen LogP contribution in [0.25, 0.3) is 0 Å². The molecule has 2 rings (SSSR count).